The van der Waals surface area contributed by atoms with Crippen molar-refractivity contribution in [3.63, 3.8) is 0 Å². The Balaban J connectivity index is 1.04. The number of rotatable bonds is 4. The van der Waals surface area contributed by atoms with Gasteiger partial charge in [0.25, 0.3) is 0 Å². The maximum Gasteiger partial charge on any atom is 0.135 e. The zero-order chi connectivity index (χ0) is 43.8. The van der Waals surface area contributed by atoms with E-state index in [2.05, 4.69) is 228 Å². The minimum Gasteiger partial charge on any atom is -0.457 e. The molecule has 1 spiro atoms. The first-order valence-electron chi connectivity index (χ1n) is 23.0. The van der Waals surface area contributed by atoms with Crippen LogP contribution < -0.4 is 9.64 Å². The number of anilines is 3. The molecule has 0 N–H and O–H groups in total. The molecule has 67 heavy (non-hydrogen) atoms. The Labute approximate surface area is 385 Å². The highest BCUT2D eigenvalue weighted by atomic mass is 16.5. The number of hydrogen-bond acceptors (Lipinski definition) is 3. The van der Waals surface area contributed by atoms with E-state index in [0.29, 0.717) is 0 Å². The first kappa shape index (κ1) is 36.5. The monoisotopic (exact) mass is 854 g/mol. The predicted molar refractivity (Wildman–Crippen MR) is 275 cm³/mol. The number of nitrogens with zero attached hydrogens (tertiary/aromatic N) is 2. The Morgan fingerprint density at radius 1 is 0.358 bits per heavy atom. The molecule has 3 heterocycles. The number of aromatic nitrogens is 1. The van der Waals surface area contributed by atoms with Crippen LogP contribution in [0.3, 0.4) is 0 Å². The lowest BCUT2D eigenvalue weighted by Gasteiger charge is -2.45. The molecule has 312 valence electrons. The van der Waals surface area contributed by atoms with Crippen LogP contribution in [0.5, 0.6) is 11.5 Å². The van der Waals surface area contributed by atoms with Gasteiger partial charge in [-0.25, -0.2) is 0 Å². The zero-order valence-corrected chi connectivity index (χ0v) is 36.2. The molecule has 1 unspecified atom stereocenters. The van der Waals surface area contributed by atoms with Gasteiger partial charge in [0.1, 0.15) is 22.7 Å². The molecule has 13 aromatic rings. The van der Waals surface area contributed by atoms with E-state index in [9.17, 15) is 0 Å². The van der Waals surface area contributed by atoms with Crippen molar-refractivity contribution in [2.75, 3.05) is 4.90 Å². The fourth-order valence-electron chi connectivity index (χ4n) is 11.9. The van der Waals surface area contributed by atoms with Gasteiger partial charge in [0.05, 0.1) is 22.1 Å². The molecule has 2 aliphatic rings. The van der Waals surface area contributed by atoms with E-state index in [1.54, 1.807) is 0 Å². The molecular weight excluding hydrogens is 817 g/mol. The van der Waals surface area contributed by atoms with Crippen molar-refractivity contribution in [1.82, 2.24) is 4.57 Å². The summed E-state index contributed by atoms with van der Waals surface area (Å²) in [6.45, 7) is 0. The Bertz CT molecular complexity index is 4220. The van der Waals surface area contributed by atoms with E-state index in [0.717, 1.165) is 72.8 Å². The third kappa shape index (κ3) is 4.96. The molecule has 0 saturated heterocycles. The molecule has 0 fully saturated rings. The van der Waals surface area contributed by atoms with Crippen molar-refractivity contribution in [3.05, 3.63) is 253 Å². The summed E-state index contributed by atoms with van der Waals surface area (Å²) in [4.78, 5) is 2.42. The van der Waals surface area contributed by atoms with E-state index < -0.39 is 5.41 Å². The van der Waals surface area contributed by atoms with E-state index in [1.807, 2.05) is 12.1 Å². The number of ether oxygens (including phenoxy) is 1. The van der Waals surface area contributed by atoms with Crippen LogP contribution in [0, 0.1) is 0 Å². The molecule has 1 atom stereocenters. The fourth-order valence-corrected chi connectivity index (χ4v) is 11.9. The van der Waals surface area contributed by atoms with E-state index in [4.69, 9.17) is 9.15 Å². The van der Waals surface area contributed by atoms with Crippen molar-refractivity contribution in [2.24, 2.45) is 0 Å². The van der Waals surface area contributed by atoms with Gasteiger partial charge in [-0.2, -0.15) is 0 Å². The number of hydrogen-bond donors (Lipinski definition) is 0. The largest absolute Gasteiger partial charge is 0.457 e. The van der Waals surface area contributed by atoms with Crippen LogP contribution in [-0.4, -0.2) is 4.57 Å². The Morgan fingerprint density at radius 2 is 0.970 bits per heavy atom. The van der Waals surface area contributed by atoms with Crippen LogP contribution >= 0.6 is 0 Å². The Kier molecular flexibility index (Phi) is 7.40. The summed E-state index contributed by atoms with van der Waals surface area (Å²) < 4.78 is 15.9. The summed E-state index contributed by atoms with van der Waals surface area (Å²) in [6.07, 6.45) is 0. The van der Waals surface area contributed by atoms with Crippen LogP contribution in [-0.2, 0) is 5.41 Å². The number of para-hydroxylation sites is 3. The molecule has 15 rings (SSSR count). The average molecular weight is 855 g/mol. The summed E-state index contributed by atoms with van der Waals surface area (Å²) in [5.41, 5.74) is 14.8. The molecule has 1 aliphatic heterocycles. The van der Waals surface area contributed by atoms with Gasteiger partial charge in [0.2, 0.25) is 0 Å². The van der Waals surface area contributed by atoms with Crippen molar-refractivity contribution in [1.29, 1.82) is 0 Å². The van der Waals surface area contributed by atoms with Crippen molar-refractivity contribution >= 4 is 82.4 Å². The predicted octanol–water partition coefficient (Wildman–Crippen LogP) is 16.9. The quantitative estimate of drug-likeness (QED) is 0.177. The topological polar surface area (TPSA) is 30.5 Å². The molecule has 2 aromatic heterocycles. The number of fused-ring (bicyclic) bond motifs is 15. The smallest absolute Gasteiger partial charge is 0.135 e. The van der Waals surface area contributed by atoms with Gasteiger partial charge >= 0.3 is 0 Å². The first-order valence-corrected chi connectivity index (χ1v) is 23.0. The number of benzene rings is 11. The van der Waals surface area contributed by atoms with Crippen LogP contribution in [0.2, 0.25) is 0 Å². The van der Waals surface area contributed by atoms with Gasteiger partial charge in [-0.3, -0.25) is 0 Å². The maximum atomic E-state index is 7.00. The molecule has 0 amide bonds. The van der Waals surface area contributed by atoms with Crippen molar-refractivity contribution in [2.45, 2.75) is 5.41 Å². The van der Waals surface area contributed by atoms with Crippen LogP contribution in [0.25, 0.3) is 82.1 Å². The van der Waals surface area contributed by atoms with Crippen molar-refractivity contribution < 1.29 is 9.15 Å². The summed E-state index contributed by atoms with van der Waals surface area (Å²) >= 11 is 0. The van der Waals surface area contributed by atoms with Gasteiger partial charge in [-0.15, -0.1) is 0 Å². The van der Waals surface area contributed by atoms with Crippen LogP contribution in [0.4, 0.5) is 17.1 Å². The Morgan fingerprint density at radius 3 is 1.91 bits per heavy atom. The summed E-state index contributed by atoms with van der Waals surface area (Å²) in [7, 11) is 0. The highest BCUT2D eigenvalue weighted by Crippen LogP contribution is 2.62. The SMILES string of the molecule is c1ccc2c(c1)Oc1ccc(N(c3ccc4oc5ccccc5c4c3)c3ccc4c5ccccc5n(-c5cccc6ccccc56)c4c3)cc1C21c2ccccc2-c2cccc3cccc1c23. The third-order valence-electron chi connectivity index (χ3n) is 14.6. The lowest BCUT2D eigenvalue weighted by Crippen LogP contribution is -2.36. The molecule has 0 saturated carbocycles. The van der Waals surface area contributed by atoms with Crippen LogP contribution in [0.15, 0.2) is 235 Å². The standard InChI is InChI=1S/C63H38N2O2/c1-2-18-44-39(14-1)15-13-27-55(44)65-56-26-8-4-20-46(56)47-33-30-43(38-57(47)65)64(41-31-34-59-50(36-41)48-21-5-9-28-58(48)66-59)42-32-35-61-54(37-42)63(52-24-7-10-29-60(52)67-61)51-23-6-3-19-45(51)49-22-11-16-40-17-12-25-53(63)62(40)49/h1-38H. The fraction of sp³-hybridized carbons (Fsp3) is 0.0159. The maximum absolute atomic E-state index is 7.00. The summed E-state index contributed by atoms with van der Waals surface area (Å²) in [5, 5.41) is 9.48. The van der Waals surface area contributed by atoms with Gasteiger partial charge in [0.15, 0.2) is 0 Å². The van der Waals surface area contributed by atoms with Gasteiger partial charge in [0, 0.05) is 55.1 Å². The van der Waals surface area contributed by atoms with Gasteiger partial charge in [-0.1, -0.05) is 158 Å². The van der Waals surface area contributed by atoms with Crippen LogP contribution in [0.1, 0.15) is 22.3 Å². The second-order valence-electron chi connectivity index (χ2n) is 17.9. The summed E-state index contributed by atoms with van der Waals surface area (Å²) in [6, 6.07) is 84.0. The summed E-state index contributed by atoms with van der Waals surface area (Å²) in [5.74, 6) is 1.71. The molecule has 0 bridgehead atoms. The Hall–Kier alpha value is -8.86. The second kappa shape index (κ2) is 13.6. The highest BCUT2D eigenvalue weighted by molar-refractivity contribution is 6.12. The minimum atomic E-state index is -0.689. The third-order valence-corrected chi connectivity index (χ3v) is 14.6. The number of furan rings is 1. The molecule has 11 aromatic carbocycles. The molecular formula is C63H38N2O2. The molecule has 0 radical (unpaired) electrons. The zero-order valence-electron chi connectivity index (χ0n) is 36.2. The minimum absolute atomic E-state index is 0.689. The van der Waals surface area contributed by atoms with E-state index >= 15 is 0 Å². The normalized spacial score (nSPS) is 14.7. The first-order chi connectivity index (χ1) is 33.2. The lowest BCUT2D eigenvalue weighted by atomic mass is 9.58. The van der Waals surface area contributed by atoms with Gasteiger partial charge < -0.3 is 18.6 Å². The molecule has 4 nitrogen and oxygen atoms in total. The van der Waals surface area contributed by atoms with Gasteiger partial charge in [-0.05, 0) is 111 Å². The van der Waals surface area contributed by atoms with Crippen molar-refractivity contribution in [3.8, 4) is 28.3 Å². The average Bonchev–Trinajstić information content (AvgIpc) is 3.93. The molecule has 4 heteroatoms. The molecule has 1 aliphatic carbocycles. The van der Waals surface area contributed by atoms with E-state index in [1.165, 1.54) is 60.1 Å². The second-order valence-corrected chi connectivity index (χ2v) is 17.9. The highest BCUT2D eigenvalue weighted by Gasteiger charge is 2.49. The lowest BCUT2D eigenvalue weighted by molar-refractivity contribution is 0.435. The van der Waals surface area contributed by atoms with E-state index in [-0.39, 0.29) is 0 Å².